The number of carbonyl (C=O) groups excluding carboxylic acids is 1. The van der Waals surface area contributed by atoms with E-state index in [0.717, 1.165) is 5.69 Å². The van der Waals surface area contributed by atoms with E-state index in [1.54, 1.807) is 57.2 Å². The Balaban J connectivity index is 2.05. The van der Waals surface area contributed by atoms with Crippen molar-refractivity contribution in [2.75, 3.05) is 5.32 Å². The second kappa shape index (κ2) is 7.29. The summed E-state index contributed by atoms with van der Waals surface area (Å²) in [5, 5.41) is 19.7. The van der Waals surface area contributed by atoms with Crippen molar-refractivity contribution in [1.29, 1.82) is 0 Å². The third-order valence-corrected chi connectivity index (χ3v) is 3.49. The Labute approximate surface area is 146 Å². The van der Waals surface area contributed by atoms with Crippen LogP contribution in [0.2, 0.25) is 0 Å². The molecule has 0 radical (unpaired) electrons. The van der Waals surface area contributed by atoms with E-state index in [1.165, 1.54) is 0 Å². The number of benzene rings is 1. The average molecular weight is 343 g/mol. The molecular weight excluding hydrogens is 322 g/mol. The van der Waals surface area contributed by atoms with Gasteiger partial charge in [0.25, 0.3) is 0 Å². The summed E-state index contributed by atoms with van der Waals surface area (Å²) < 4.78 is 5.55. The number of nitrogens with one attached hydrogen (secondary N) is 1. The molecule has 0 aliphatic carbocycles. The number of aryl methyl sites for hydroxylation is 1. The molecule has 2 rings (SSSR count). The molecule has 0 aliphatic heterocycles. The quantitative estimate of drug-likeness (QED) is 0.808. The maximum atomic E-state index is 12.3. The van der Waals surface area contributed by atoms with Crippen molar-refractivity contribution in [3.63, 3.8) is 0 Å². The van der Waals surface area contributed by atoms with Crippen LogP contribution in [0.5, 0.6) is 11.6 Å². The number of hydrogen-bond donors (Lipinski definition) is 2. The van der Waals surface area contributed by atoms with Crippen molar-refractivity contribution in [3.05, 3.63) is 42.1 Å². The zero-order valence-electron chi connectivity index (χ0n) is 14.6. The third-order valence-electron chi connectivity index (χ3n) is 3.49. The van der Waals surface area contributed by atoms with Gasteiger partial charge in [0, 0.05) is 11.8 Å². The standard InChI is InChI=1S/C18H21N3O4/c1-11-5-10-14(21-20-11)25-13-8-6-12(7-9-13)19-16(22)15(17(23)24)18(2,3)4/h5-10,15H,1-4H3,(H,19,22)(H,23,24). The number of anilines is 1. The molecule has 1 aromatic heterocycles. The van der Waals surface area contributed by atoms with Crippen LogP contribution < -0.4 is 10.1 Å². The lowest BCUT2D eigenvalue weighted by Gasteiger charge is -2.25. The predicted octanol–water partition coefficient (Wildman–Crippen LogP) is 3.26. The van der Waals surface area contributed by atoms with Gasteiger partial charge in [0.15, 0.2) is 0 Å². The lowest BCUT2D eigenvalue weighted by molar-refractivity contribution is -0.149. The molecule has 0 bridgehead atoms. The van der Waals surface area contributed by atoms with Crippen LogP contribution in [0.1, 0.15) is 26.5 Å². The fourth-order valence-electron chi connectivity index (χ4n) is 2.26. The number of carbonyl (C=O) groups is 2. The molecule has 0 saturated heterocycles. The van der Waals surface area contributed by atoms with Crippen LogP contribution in [-0.4, -0.2) is 27.2 Å². The van der Waals surface area contributed by atoms with Crippen LogP contribution >= 0.6 is 0 Å². The van der Waals surface area contributed by atoms with Gasteiger partial charge in [0.1, 0.15) is 11.7 Å². The SMILES string of the molecule is Cc1ccc(Oc2ccc(NC(=O)C(C(=O)O)C(C)(C)C)cc2)nn1. The van der Waals surface area contributed by atoms with Gasteiger partial charge >= 0.3 is 5.97 Å². The van der Waals surface area contributed by atoms with Crippen molar-refractivity contribution in [2.45, 2.75) is 27.7 Å². The van der Waals surface area contributed by atoms with Gasteiger partial charge in [0.2, 0.25) is 11.8 Å². The van der Waals surface area contributed by atoms with E-state index in [2.05, 4.69) is 15.5 Å². The van der Waals surface area contributed by atoms with Crippen molar-refractivity contribution in [1.82, 2.24) is 10.2 Å². The number of ether oxygens (including phenoxy) is 1. The lowest BCUT2D eigenvalue weighted by Crippen LogP contribution is -2.39. The summed E-state index contributed by atoms with van der Waals surface area (Å²) in [5.74, 6) is -1.96. The molecule has 1 aromatic carbocycles. The highest BCUT2D eigenvalue weighted by molar-refractivity contribution is 6.04. The third kappa shape index (κ3) is 5.00. The highest BCUT2D eigenvalue weighted by Gasteiger charge is 2.37. The summed E-state index contributed by atoms with van der Waals surface area (Å²) in [6.45, 7) is 6.97. The second-order valence-corrected chi connectivity index (χ2v) is 6.77. The van der Waals surface area contributed by atoms with Crippen LogP contribution in [-0.2, 0) is 9.59 Å². The van der Waals surface area contributed by atoms with Crippen LogP contribution in [0.4, 0.5) is 5.69 Å². The van der Waals surface area contributed by atoms with E-state index in [4.69, 9.17) is 4.74 Å². The lowest BCUT2D eigenvalue weighted by atomic mass is 9.80. The number of aliphatic carboxylic acids is 1. The van der Waals surface area contributed by atoms with Gasteiger partial charge in [0.05, 0.1) is 5.69 Å². The first kappa shape index (κ1) is 18.4. The van der Waals surface area contributed by atoms with E-state index in [1.807, 2.05) is 6.92 Å². The molecule has 0 aliphatic rings. The van der Waals surface area contributed by atoms with Gasteiger partial charge in [-0.15, -0.1) is 5.10 Å². The minimum Gasteiger partial charge on any atom is -0.481 e. The normalized spacial score (nSPS) is 12.3. The Morgan fingerprint density at radius 1 is 1.08 bits per heavy atom. The summed E-state index contributed by atoms with van der Waals surface area (Å²) in [7, 11) is 0. The predicted molar refractivity (Wildman–Crippen MR) is 92.5 cm³/mol. The van der Waals surface area contributed by atoms with Gasteiger partial charge in [-0.2, -0.15) is 5.10 Å². The van der Waals surface area contributed by atoms with E-state index >= 15 is 0 Å². The zero-order valence-corrected chi connectivity index (χ0v) is 14.6. The first-order valence-electron chi connectivity index (χ1n) is 7.79. The summed E-state index contributed by atoms with van der Waals surface area (Å²) in [6.07, 6.45) is 0. The Kier molecular flexibility index (Phi) is 5.36. The Bertz CT molecular complexity index is 749. The van der Waals surface area contributed by atoms with Gasteiger partial charge < -0.3 is 15.2 Å². The topological polar surface area (TPSA) is 101 Å². The van der Waals surface area contributed by atoms with E-state index in [9.17, 15) is 14.7 Å². The molecule has 1 atom stereocenters. The molecule has 1 amide bonds. The van der Waals surface area contributed by atoms with Gasteiger partial charge in [-0.1, -0.05) is 20.8 Å². The van der Waals surface area contributed by atoms with Crippen molar-refractivity contribution < 1.29 is 19.4 Å². The molecule has 0 fully saturated rings. The summed E-state index contributed by atoms with van der Waals surface area (Å²) in [6, 6.07) is 10.1. The molecule has 132 valence electrons. The Hall–Kier alpha value is -2.96. The fraction of sp³-hybridized carbons (Fsp3) is 0.333. The van der Waals surface area contributed by atoms with Crippen LogP contribution in [0.25, 0.3) is 0 Å². The molecule has 0 spiro atoms. The van der Waals surface area contributed by atoms with Gasteiger partial charge in [-0.05, 0) is 42.7 Å². The Morgan fingerprint density at radius 3 is 2.20 bits per heavy atom. The Morgan fingerprint density at radius 2 is 1.72 bits per heavy atom. The number of rotatable bonds is 5. The number of amides is 1. The van der Waals surface area contributed by atoms with Crippen LogP contribution in [0, 0.1) is 18.3 Å². The summed E-state index contributed by atoms with van der Waals surface area (Å²) >= 11 is 0. The minimum absolute atomic E-state index is 0.362. The summed E-state index contributed by atoms with van der Waals surface area (Å²) in [4.78, 5) is 23.6. The second-order valence-electron chi connectivity index (χ2n) is 6.77. The van der Waals surface area contributed by atoms with Crippen molar-refractivity contribution in [2.24, 2.45) is 11.3 Å². The van der Waals surface area contributed by atoms with Gasteiger partial charge in [-0.25, -0.2) is 0 Å². The molecule has 0 saturated carbocycles. The molecule has 25 heavy (non-hydrogen) atoms. The minimum atomic E-state index is -1.15. The van der Waals surface area contributed by atoms with E-state index in [0.29, 0.717) is 17.3 Å². The van der Waals surface area contributed by atoms with Crippen molar-refractivity contribution in [3.8, 4) is 11.6 Å². The van der Waals surface area contributed by atoms with Gasteiger partial charge in [-0.3, -0.25) is 9.59 Å². The number of carboxylic acids is 1. The number of aromatic nitrogens is 2. The molecule has 2 N–H and O–H groups in total. The zero-order chi connectivity index (χ0) is 18.6. The molecular formula is C18H21N3O4. The fourth-order valence-corrected chi connectivity index (χ4v) is 2.26. The van der Waals surface area contributed by atoms with Crippen LogP contribution in [0.15, 0.2) is 36.4 Å². The molecule has 1 heterocycles. The maximum absolute atomic E-state index is 12.3. The average Bonchev–Trinajstić information content (AvgIpc) is 2.49. The first-order chi connectivity index (χ1) is 11.7. The molecule has 2 aromatic rings. The molecule has 7 nitrogen and oxygen atoms in total. The van der Waals surface area contributed by atoms with E-state index < -0.39 is 23.2 Å². The first-order valence-corrected chi connectivity index (χ1v) is 7.79. The smallest absolute Gasteiger partial charge is 0.316 e. The highest BCUT2D eigenvalue weighted by Crippen LogP contribution is 2.28. The highest BCUT2D eigenvalue weighted by atomic mass is 16.5. The largest absolute Gasteiger partial charge is 0.481 e. The number of carboxylic acid groups (broad SMARTS) is 1. The summed E-state index contributed by atoms with van der Waals surface area (Å²) in [5.41, 5.74) is 0.586. The molecule has 1 unspecified atom stereocenters. The number of hydrogen-bond acceptors (Lipinski definition) is 5. The maximum Gasteiger partial charge on any atom is 0.316 e. The monoisotopic (exact) mass is 343 g/mol. The number of nitrogens with zero attached hydrogens (tertiary/aromatic N) is 2. The van der Waals surface area contributed by atoms with Crippen molar-refractivity contribution >= 4 is 17.6 Å². The van der Waals surface area contributed by atoms with Crippen LogP contribution in [0.3, 0.4) is 0 Å². The van der Waals surface area contributed by atoms with E-state index in [-0.39, 0.29) is 0 Å². The molecule has 7 heteroatoms.